The van der Waals surface area contributed by atoms with Gasteiger partial charge in [-0.15, -0.1) is 0 Å². The fourth-order valence-electron chi connectivity index (χ4n) is 4.96. The molecule has 3 aliphatic rings. The van der Waals surface area contributed by atoms with Crippen LogP contribution in [0.3, 0.4) is 0 Å². The zero-order chi connectivity index (χ0) is 16.4. The fourth-order valence-corrected chi connectivity index (χ4v) is 4.96. The quantitative estimate of drug-likeness (QED) is 0.740. The lowest BCUT2D eigenvalue weighted by Gasteiger charge is -2.40. The first kappa shape index (κ1) is 17.2. The van der Waals surface area contributed by atoms with Crippen molar-refractivity contribution in [3.05, 3.63) is 22.3 Å². The molecular weight excluding hydrogens is 280 g/mol. The Bertz CT molecular complexity index is 450. The maximum Gasteiger partial charge on any atom is 0.0381 e. The summed E-state index contributed by atoms with van der Waals surface area (Å²) in [4.78, 5) is 0. The standard InChI is InChI=1S/C21H36N2/c1-15(2)22-13-21(14-23-16(3)4)19-11-7-5-9-17(19)18-10-6-8-12-20(18)21/h15-16,22-23H,5-14H2,1-4H3. The Balaban J connectivity index is 1.99. The van der Waals surface area contributed by atoms with Gasteiger partial charge in [0.15, 0.2) is 0 Å². The molecule has 0 saturated heterocycles. The van der Waals surface area contributed by atoms with Crippen LogP contribution in [0.1, 0.15) is 79.1 Å². The van der Waals surface area contributed by atoms with Crippen molar-refractivity contribution in [2.45, 2.75) is 91.1 Å². The minimum Gasteiger partial charge on any atom is -0.313 e. The Morgan fingerprint density at radius 2 is 1.09 bits per heavy atom. The lowest BCUT2D eigenvalue weighted by Crippen LogP contribution is -2.47. The van der Waals surface area contributed by atoms with Gasteiger partial charge in [0.1, 0.15) is 0 Å². The third-order valence-electron chi connectivity index (χ3n) is 6.08. The van der Waals surface area contributed by atoms with Gasteiger partial charge in [-0.1, -0.05) is 38.8 Å². The van der Waals surface area contributed by atoms with Crippen molar-refractivity contribution in [3.63, 3.8) is 0 Å². The third-order valence-corrected chi connectivity index (χ3v) is 6.08. The van der Waals surface area contributed by atoms with Crippen molar-refractivity contribution in [2.75, 3.05) is 13.1 Å². The average molecular weight is 317 g/mol. The van der Waals surface area contributed by atoms with E-state index in [0.29, 0.717) is 12.1 Å². The molecule has 0 aromatic heterocycles. The third kappa shape index (κ3) is 3.30. The molecule has 0 bridgehead atoms. The van der Waals surface area contributed by atoms with Gasteiger partial charge in [0.25, 0.3) is 0 Å². The van der Waals surface area contributed by atoms with Crippen LogP contribution in [-0.2, 0) is 0 Å². The van der Waals surface area contributed by atoms with Crippen LogP contribution in [0.25, 0.3) is 0 Å². The maximum atomic E-state index is 3.81. The summed E-state index contributed by atoms with van der Waals surface area (Å²) in [6.07, 6.45) is 11.0. The molecule has 0 heterocycles. The van der Waals surface area contributed by atoms with E-state index in [1.807, 2.05) is 11.1 Å². The molecule has 0 aliphatic heterocycles. The van der Waals surface area contributed by atoms with Crippen molar-refractivity contribution in [1.82, 2.24) is 10.6 Å². The molecule has 130 valence electrons. The van der Waals surface area contributed by atoms with Crippen molar-refractivity contribution >= 4 is 0 Å². The topological polar surface area (TPSA) is 24.1 Å². The van der Waals surface area contributed by atoms with Crippen molar-refractivity contribution in [2.24, 2.45) is 5.41 Å². The summed E-state index contributed by atoms with van der Waals surface area (Å²) < 4.78 is 0. The highest BCUT2D eigenvalue weighted by molar-refractivity contribution is 5.56. The van der Waals surface area contributed by atoms with Crippen molar-refractivity contribution in [3.8, 4) is 0 Å². The summed E-state index contributed by atoms with van der Waals surface area (Å²) in [5, 5.41) is 7.62. The molecule has 3 rings (SSSR count). The first-order chi connectivity index (χ1) is 11.0. The summed E-state index contributed by atoms with van der Waals surface area (Å²) in [5.41, 5.74) is 7.50. The summed E-state index contributed by atoms with van der Waals surface area (Å²) in [6.45, 7) is 11.4. The predicted octanol–water partition coefficient (Wildman–Crippen LogP) is 4.72. The highest BCUT2D eigenvalue weighted by Gasteiger charge is 2.46. The zero-order valence-corrected chi connectivity index (χ0v) is 15.7. The van der Waals surface area contributed by atoms with Crippen LogP contribution in [0, 0.1) is 5.41 Å². The molecule has 2 nitrogen and oxygen atoms in total. The Labute approximate surface area is 143 Å². The summed E-state index contributed by atoms with van der Waals surface area (Å²) in [6, 6.07) is 1.12. The van der Waals surface area contributed by atoms with E-state index < -0.39 is 0 Å². The van der Waals surface area contributed by atoms with Gasteiger partial charge in [-0.05, 0) is 62.5 Å². The maximum absolute atomic E-state index is 3.81. The highest BCUT2D eigenvalue weighted by atomic mass is 15.0. The van der Waals surface area contributed by atoms with Crippen LogP contribution in [0.15, 0.2) is 22.3 Å². The van der Waals surface area contributed by atoms with Crippen LogP contribution in [0.4, 0.5) is 0 Å². The lowest BCUT2D eigenvalue weighted by atomic mass is 9.70. The van der Waals surface area contributed by atoms with Gasteiger partial charge >= 0.3 is 0 Å². The summed E-state index contributed by atoms with van der Waals surface area (Å²) in [5.74, 6) is 0. The average Bonchev–Trinajstić information content (AvgIpc) is 2.82. The van der Waals surface area contributed by atoms with Crippen LogP contribution in [0.2, 0.25) is 0 Å². The second-order valence-electron chi connectivity index (χ2n) is 8.48. The van der Waals surface area contributed by atoms with Crippen LogP contribution >= 0.6 is 0 Å². The van der Waals surface area contributed by atoms with E-state index in [0.717, 1.165) is 13.1 Å². The molecule has 0 spiro atoms. The van der Waals surface area contributed by atoms with Gasteiger partial charge in [0.2, 0.25) is 0 Å². The van der Waals surface area contributed by atoms with E-state index >= 15 is 0 Å². The van der Waals surface area contributed by atoms with Gasteiger partial charge in [-0.3, -0.25) is 0 Å². The SMILES string of the molecule is CC(C)NCC1(CNC(C)C)C2=C(CCCC2)C2=C1CCCC2. The Hall–Kier alpha value is -0.600. The second kappa shape index (κ2) is 7.11. The normalized spacial score (nSPS) is 23.7. The van der Waals surface area contributed by atoms with Gasteiger partial charge in [0.05, 0.1) is 0 Å². The molecule has 0 fully saturated rings. The number of nitrogens with one attached hydrogen (secondary N) is 2. The zero-order valence-electron chi connectivity index (χ0n) is 15.7. The number of allylic oxidation sites excluding steroid dienone is 2. The molecule has 2 N–H and O–H groups in total. The minimum atomic E-state index is 0.278. The smallest absolute Gasteiger partial charge is 0.0381 e. The van der Waals surface area contributed by atoms with E-state index in [1.165, 1.54) is 51.4 Å². The van der Waals surface area contributed by atoms with Crippen molar-refractivity contribution < 1.29 is 0 Å². The molecule has 0 saturated carbocycles. The molecule has 0 aromatic carbocycles. The first-order valence-corrected chi connectivity index (χ1v) is 9.97. The largest absolute Gasteiger partial charge is 0.313 e. The summed E-state index contributed by atoms with van der Waals surface area (Å²) in [7, 11) is 0. The predicted molar refractivity (Wildman–Crippen MR) is 99.7 cm³/mol. The molecule has 0 aromatic rings. The van der Waals surface area contributed by atoms with Crippen molar-refractivity contribution in [1.29, 1.82) is 0 Å². The van der Waals surface area contributed by atoms with Crippen LogP contribution in [-0.4, -0.2) is 25.2 Å². The molecule has 3 aliphatic carbocycles. The van der Waals surface area contributed by atoms with E-state index in [2.05, 4.69) is 38.3 Å². The van der Waals surface area contributed by atoms with Crippen LogP contribution in [0.5, 0.6) is 0 Å². The van der Waals surface area contributed by atoms with Gasteiger partial charge < -0.3 is 10.6 Å². The molecule has 0 unspecified atom stereocenters. The number of rotatable bonds is 6. The minimum absolute atomic E-state index is 0.278. The van der Waals surface area contributed by atoms with E-state index in [1.54, 1.807) is 11.1 Å². The first-order valence-electron chi connectivity index (χ1n) is 9.97. The molecule has 0 atom stereocenters. The van der Waals surface area contributed by atoms with E-state index in [9.17, 15) is 0 Å². The number of hydrogen-bond acceptors (Lipinski definition) is 2. The van der Waals surface area contributed by atoms with Gasteiger partial charge in [-0.2, -0.15) is 0 Å². The summed E-state index contributed by atoms with van der Waals surface area (Å²) >= 11 is 0. The van der Waals surface area contributed by atoms with Crippen LogP contribution < -0.4 is 10.6 Å². The molecule has 23 heavy (non-hydrogen) atoms. The van der Waals surface area contributed by atoms with Gasteiger partial charge in [-0.25, -0.2) is 0 Å². The molecule has 2 heteroatoms. The monoisotopic (exact) mass is 316 g/mol. The van der Waals surface area contributed by atoms with E-state index in [-0.39, 0.29) is 5.41 Å². The number of hydrogen-bond donors (Lipinski definition) is 2. The Kier molecular flexibility index (Phi) is 5.32. The second-order valence-corrected chi connectivity index (χ2v) is 8.48. The molecular formula is C21H36N2. The Morgan fingerprint density at radius 3 is 1.48 bits per heavy atom. The molecule has 0 amide bonds. The van der Waals surface area contributed by atoms with E-state index in [4.69, 9.17) is 0 Å². The fraction of sp³-hybridized carbons (Fsp3) is 0.810. The lowest BCUT2D eigenvalue weighted by molar-refractivity contribution is 0.324. The van der Waals surface area contributed by atoms with Gasteiger partial charge in [0, 0.05) is 30.6 Å². The number of fused-ring (bicyclic) bond motifs is 1. The highest BCUT2D eigenvalue weighted by Crippen LogP contribution is 2.56. The molecule has 0 radical (unpaired) electrons. The Morgan fingerprint density at radius 1 is 0.696 bits per heavy atom.